The summed E-state index contributed by atoms with van der Waals surface area (Å²) in [7, 11) is 3.03. The van der Waals surface area contributed by atoms with Crippen molar-refractivity contribution in [2.24, 2.45) is 17.3 Å². The molecule has 53 heavy (non-hydrogen) atoms. The van der Waals surface area contributed by atoms with Crippen molar-refractivity contribution in [2.75, 3.05) is 34.0 Å². The predicted octanol–water partition coefficient (Wildman–Crippen LogP) is 7.09. The number of aromatic hydroxyl groups is 1. The van der Waals surface area contributed by atoms with Gasteiger partial charge in [-0.2, -0.15) is 0 Å². The molecule has 2 aromatic rings. The molecule has 11 nitrogen and oxygen atoms in total. The molecule has 12 heteroatoms. The number of hydrogen-bond acceptors (Lipinski definition) is 10. The summed E-state index contributed by atoms with van der Waals surface area (Å²) in [5, 5.41) is 11.4. The highest BCUT2D eigenvalue weighted by Gasteiger charge is 2.42. The van der Waals surface area contributed by atoms with Crippen LogP contribution in [0.4, 0.5) is 4.39 Å². The fourth-order valence-corrected chi connectivity index (χ4v) is 5.59. The highest BCUT2D eigenvalue weighted by molar-refractivity contribution is 6.38. The zero-order valence-electron chi connectivity index (χ0n) is 32.2. The SMILES string of the molecule is C=C(COc1cc(F)cc([C@@H](CCc2ccc(OC)c(OC)c2)OC(=O)[C@@H]2CCCCN2C(=O)C(=O)C(C)(C)COC(=O)/C=C\C(C)C)c1O)C(C)C. The molecule has 0 radical (unpaired) electrons. The Bertz CT molecular complexity index is 1660. The fourth-order valence-electron chi connectivity index (χ4n) is 5.59. The minimum atomic E-state index is -1.38. The lowest BCUT2D eigenvalue weighted by molar-refractivity contribution is -0.165. The van der Waals surface area contributed by atoms with Gasteiger partial charge in [-0.05, 0) is 87.1 Å². The highest BCUT2D eigenvalue weighted by atomic mass is 19.1. The van der Waals surface area contributed by atoms with E-state index < -0.39 is 52.8 Å². The third kappa shape index (κ3) is 11.8. The van der Waals surface area contributed by atoms with E-state index in [1.54, 1.807) is 18.2 Å². The lowest BCUT2D eigenvalue weighted by Gasteiger charge is -2.36. The largest absolute Gasteiger partial charge is 0.504 e. The van der Waals surface area contributed by atoms with Crippen LogP contribution in [0.5, 0.6) is 23.0 Å². The number of likely N-dealkylation sites (tertiary alicyclic amines) is 1. The Hall–Kier alpha value is -4.87. The molecular weight excluding hydrogens is 685 g/mol. The number of Topliss-reactive ketones (excluding diaryl/α,β-unsaturated/α-hetero) is 1. The van der Waals surface area contributed by atoms with Crippen molar-refractivity contribution >= 4 is 23.6 Å². The summed E-state index contributed by atoms with van der Waals surface area (Å²) >= 11 is 0. The van der Waals surface area contributed by atoms with E-state index in [2.05, 4.69) is 6.58 Å². The van der Waals surface area contributed by atoms with Gasteiger partial charge in [0.25, 0.3) is 5.91 Å². The van der Waals surface area contributed by atoms with Crippen LogP contribution in [-0.2, 0) is 35.1 Å². The number of phenolic OH excluding ortho intramolecular Hbond substituents is 1. The van der Waals surface area contributed by atoms with Gasteiger partial charge in [0.15, 0.2) is 23.0 Å². The van der Waals surface area contributed by atoms with Gasteiger partial charge >= 0.3 is 11.9 Å². The van der Waals surface area contributed by atoms with Crippen molar-refractivity contribution in [3.63, 3.8) is 0 Å². The van der Waals surface area contributed by atoms with Gasteiger partial charge in [0, 0.05) is 24.3 Å². The van der Waals surface area contributed by atoms with E-state index in [9.17, 15) is 24.3 Å². The fraction of sp³-hybridized carbons (Fsp3) is 0.512. The zero-order valence-corrected chi connectivity index (χ0v) is 32.2. The molecule has 1 aliphatic rings. The molecule has 3 rings (SSSR count). The van der Waals surface area contributed by atoms with Crippen molar-refractivity contribution < 1.29 is 52.4 Å². The van der Waals surface area contributed by atoms with Crippen molar-refractivity contribution in [1.82, 2.24) is 4.90 Å². The minimum absolute atomic E-state index is 0.0248. The first-order valence-electron chi connectivity index (χ1n) is 17.9. The van der Waals surface area contributed by atoms with Gasteiger partial charge in [-0.15, -0.1) is 0 Å². The number of methoxy groups -OCH3 is 2. The number of nitrogens with zero attached hydrogens (tertiary/aromatic N) is 1. The molecule has 0 aromatic heterocycles. The van der Waals surface area contributed by atoms with Gasteiger partial charge in [-0.3, -0.25) is 9.59 Å². The first-order chi connectivity index (χ1) is 25.0. The van der Waals surface area contributed by atoms with E-state index in [4.69, 9.17) is 23.7 Å². The van der Waals surface area contributed by atoms with E-state index in [0.717, 1.165) is 23.3 Å². The van der Waals surface area contributed by atoms with Crippen molar-refractivity contribution in [3.8, 4) is 23.0 Å². The van der Waals surface area contributed by atoms with Gasteiger partial charge in [-0.1, -0.05) is 46.4 Å². The second kappa shape index (κ2) is 19.3. The summed E-state index contributed by atoms with van der Waals surface area (Å²) in [6.07, 6.45) is 3.50. The molecule has 1 heterocycles. The van der Waals surface area contributed by atoms with Crippen LogP contribution in [-0.4, -0.2) is 73.7 Å². The molecule has 0 aliphatic carbocycles. The number of aryl methyl sites for hydroxylation is 1. The van der Waals surface area contributed by atoms with Crippen molar-refractivity contribution in [1.29, 1.82) is 0 Å². The molecule has 0 saturated carbocycles. The summed E-state index contributed by atoms with van der Waals surface area (Å²) in [6.45, 7) is 14.4. The van der Waals surface area contributed by atoms with Gasteiger partial charge < -0.3 is 33.7 Å². The molecule has 1 fully saturated rings. The Labute approximate surface area is 312 Å². The van der Waals surface area contributed by atoms with Crippen LogP contribution in [0, 0.1) is 23.1 Å². The average molecular weight is 740 g/mol. The second-order valence-corrected chi connectivity index (χ2v) is 14.5. The maximum Gasteiger partial charge on any atom is 0.330 e. The first kappa shape index (κ1) is 42.5. The molecule has 0 unspecified atom stereocenters. The number of benzene rings is 2. The van der Waals surface area contributed by atoms with Crippen LogP contribution in [0.1, 0.15) is 84.5 Å². The monoisotopic (exact) mass is 739 g/mol. The number of esters is 2. The van der Waals surface area contributed by atoms with Crippen LogP contribution >= 0.6 is 0 Å². The number of allylic oxidation sites excluding steroid dienone is 1. The number of rotatable bonds is 18. The summed E-state index contributed by atoms with van der Waals surface area (Å²) in [4.78, 5) is 54.6. The first-order valence-corrected chi connectivity index (χ1v) is 17.9. The molecule has 1 saturated heterocycles. The van der Waals surface area contributed by atoms with Crippen molar-refractivity contribution in [2.45, 2.75) is 85.8 Å². The molecule has 1 amide bonds. The third-order valence-electron chi connectivity index (χ3n) is 9.08. The number of hydrogen-bond donors (Lipinski definition) is 1. The number of halogens is 1. The van der Waals surface area contributed by atoms with E-state index >= 15 is 4.39 Å². The van der Waals surface area contributed by atoms with Gasteiger partial charge in [0.1, 0.15) is 31.2 Å². The number of carbonyl (C=O) groups excluding carboxylic acids is 4. The predicted molar refractivity (Wildman–Crippen MR) is 197 cm³/mol. The third-order valence-corrected chi connectivity index (χ3v) is 9.08. The van der Waals surface area contributed by atoms with Gasteiger partial charge in [0.05, 0.1) is 19.6 Å². The zero-order chi connectivity index (χ0) is 39.5. The number of ketones is 1. The minimum Gasteiger partial charge on any atom is -0.504 e. The summed E-state index contributed by atoms with van der Waals surface area (Å²) in [5.74, 6) is -3.23. The van der Waals surface area contributed by atoms with E-state index in [1.165, 1.54) is 39.0 Å². The molecule has 2 atom stereocenters. The molecule has 2 aromatic carbocycles. The van der Waals surface area contributed by atoms with E-state index in [0.29, 0.717) is 30.8 Å². The Morgan fingerprint density at radius 1 is 1.02 bits per heavy atom. The Morgan fingerprint density at radius 2 is 1.72 bits per heavy atom. The van der Waals surface area contributed by atoms with Crippen LogP contribution < -0.4 is 14.2 Å². The number of ether oxygens (including phenoxy) is 5. The smallest absolute Gasteiger partial charge is 0.330 e. The van der Waals surface area contributed by atoms with Crippen LogP contribution in [0.15, 0.2) is 54.6 Å². The molecule has 0 spiro atoms. The van der Waals surface area contributed by atoms with Crippen molar-refractivity contribution in [3.05, 3.63) is 71.6 Å². The topological polar surface area (TPSA) is 138 Å². The number of piperidine rings is 1. The number of amides is 1. The summed E-state index contributed by atoms with van der Waals surface area (Å²) < 4.78 is 43.0. The second-order valence-electron chi connectivity index (χ2n) is 14.5. The Kier molecular flexibility index (Phi) is 15.5. The number of carbonyl (C=O) groups is 4. The number of phenols is 1. The molecule has 1 N–H and O–H groups in total. The van der Waals surface area contributed by atoms with Gasteiger partial charge in [-0.25, -0.2) is 14.0 Å². The summed E-state index contributed by atoms with van der Waals surface area (Å²) in [6, 6.07) is 6.31. The van der Waals surface area contributed by atoms with E-state index in [1.807, 2.05) is 33.8 Å². The maximum atomic E-state index is 15.1. The highest BCUT2D eigenvalue weighted by Crippen LogP contribution is 2.40. The normalized spacial score (nSPS) is 15.3. The molecule has 0 bridgehead atoms. The van der Waals surface area contributed by atoms with Crippen LogP contribution in [0.2, 0.25) is 0 Å². The average Bonchev–Trinajstić information content (AvgIpc) is 3.13. The Balaban J connectivity index is 1.91. The van der Waals surface area contributed by atoms with Gasteiger partial charge in [0.2, 0.25) is 5.78 Å². The lowest BCUT2D eigenvalue weighted by atomic mass is 9.87. The lowest BCUT2D eigenvalue weighted by Crippen LogP contribution is -2.53. The quantitative estimate of drug-likeness (QED) is 0.0730. The summed E-state index contributed by atoms with van der Waals surface area (Å²) in [5.41, 5.74) is 0.111. The molecule has 1 aliphatic heterocycles. The van der Waals surface area contributed by atoms with E-state index in [-0.39, 0.29) is 55.7 Å². The van der Waals surface area contributed by atoms with Crippen LogP contribution in [0.25, 0.3) is 0 Å². The standard InChI is InChI=1S/C41H54FNO10/c1-25(2)13-18-36(44)52-24-41(6,7)38(46)39(47)43-19-11-10-12-31(43)40(48)53-32(16-14-28-15-17-33(49-8)34(20-28)50-9)30-21-29(42)22-35(37(30)45)51-23-27(5)26(3)4/h13,15,17-18,20-22,25-26,31-32,45H,5,10-12,14,16,19,23-24H2,1-4,6-9H3/b18-13-/t31-,32+/m0/s1. The molecular formula is C41H54FNO10. The Morgan fingerprint density at radius 3 is 2.36 bits per heavy atom. The van der Waals surface area contributed by atoms with Crippen LogP contribution in [0.3, 0.4) is 0 Å². The maximum absolute atomic E-state index is 15.1. The molecule has 290 valence electrons.